The van der Waals surface area contributed by atoms with Gasteiger partial charge in [0.15, 0.2) is 5.78 Å². The van der Waals surface area contributed by atoms with Crippen molar-refractivity contribution in [2.45, 2.75) is 58.4 Å². The van der Waals surface area contributed by atoms with Crippen LogP contribution in [0.1, 0.15) is 49.4 Å². The second kappa shape index (κ2) is 10.3. The number of carbonyl (C=O) groups excluding carboxylic acids is 2. The van der Waals surface area contributed by atoms with E-state index in [1.165, 1.54) is 6.07 Å². The van der Waals surface area contributed by atoms with Crippen LogP contribution in [-0.4, -0.2) is 22.7 Å². The summed E-state index contributed by atoms with van der Waals surface area (Å²) in [4.78, 5) is 29.7. The third kappa shape index (κ3) is 5.44. The second-order valence-electron chi connectivity index (χ2n) is 9.51. The molecule has 1 fully saturated rings. The van der Waals surface area contributed by atoms with Crippen LogP contribution >= 0.6 is 0 Å². The third-order valence-corrected chi connectivity index (χ3v) is 7.08. The van der Waals surface area contributed by atoms with Crippen molar-refractivity contribution < 1.29 is 14.0 Å². The van der Waals surface area contributed by atoms with Gasteiger partial charge in [-0.05, 0) is 80.5 Å². The first-order valence-corrected chi connectivity index (χ1v) is 12.0. The summed E-state index contributed by atoms with van der Waals surface area (Å²) in [5.74, 6) is 0.516. The predicted octanol–water partition coefficient (Wildman–Crippen LogP) is 4.93. The van der Waals surface area contributed by atoms with Crippen molar-refractivity contribution in [2.75, 3.05) is 5.73 Å². The molecule has 1 aliphatic carbocycles. The van der Waals surface area contributed by atoms with E-state index < -0.39 is 6.04 Å². The number of halogens is 1. The number of nitrogen functional groups attached to an aromatic ring is 1. The molecule has 1 heterocycles. The summed E-state index contributed by atoms with van der Waals surface area (Å²) < 4.78 is 14.1. The highest BCUT2D eigenvalue weighted by atomic mass is 19.1. The average Bonchev–Trinajstić information content (AvgIpc) is 3.29. The van der Waals surface area contributed by atoms with E-state index in [0.717, 1.165) is 47.9 Å². The molecule has 0 bridgehead atoms. The number of fused-ring (bicyclic) bond motifs is 1. The lowest BCUT2D eigenvalue weighted by Gasteiger charge is -2.17. The average molecular weight is 462 g/mol. The number of ketones is 1. The first-order valence-electron chi connectivity index (χ1n) is 12.0. The molecule has 34 heavy (non-hydrogen) atoms. The summed E-state index contributed by atoms with van der Waals surface area (Å²) in [5.41, 5.74) is 8.64. The number of amides is 1. The Morgan fingerprint density at radius 2 is 1.82 bits per heavy atom. The number of Topliss-reactive ketones (excluding diaryl/α,β-unsaturated/α-hetero) is 1. The van der Waals surface area contributed by atoms with Crippen LogP contribution in [0.5, 0.6) is 0 Å². The van der Waals surface area contributed by atoms with Crippen LogP contribution in [0.15, 0.2) is 48.5 Å². The lowest BCUT2D eigenvalue weighted by Crippen LogP contribution is -2.41. The van der Waals surface area contributed by atoms with E-state index in [9.17, 15) is 14.0 Å². The Bertz CT molecular complexity index is 1210. The Morgan fingerprint density at radius 1 is 1.09 bits per heavy atom. The van der Waals surface area contributed by atoms with Crippen molar-refractivity contribution in [2.24, 2.45) is 11.8 Å². The molecule has 1 saturated carbocycles. The Balaban J connectivity index is 1.29. The van der Waals surface area contributed by atoms with Gasteiger partial charge in [-0.15, -0.1) is 0 Å². The normalized spacial score (nSPS) is 18.7. The summed E-state index contributed by atoms with van der Waals surface area (Å²) in [7, 11) is 0. The standard InChI is InChI=1S/C28H32FN3O2/c1-17-20(11-14-27(30)31-17)10-13-26(33)18(2)32-28(34)22-8-7-19(16-22)15-21-9-12-25(29)24-6-4-3-5-23(21)24/h3-6,9,11-12,14,18-19,22H,7-8,10,13,15-16H2,1-2H3,(H2,30,31)(H,32,34)/t18-,19-,22+/m0/s1. The number of hydrogen-bond donors (Lipinski definition) is 2. The second-order valence-corrected chi connectivity index (χ2v) is 9.51. The third-order valence-electron chi connectivity index (χ3n) is 7.08. The highest BCUT2D eigenvalue weighted by Gasteiger charge is 2.31. The molecule has 2 aromatic carbocycles. The lowest BCUT2D eigenvalue weighted by atomic mass is 9.93. The molecule has 178 valence electrons. The van der Waals surface area contributed by atoms with Crippen molar-refractivity contribution in [3.63, 3.8) is 0 Å². The van der Waals surface area contributed by atoms with Crippen molar-refractivity contribution in [1.29, 1.82) is 0 Å². The fraction of sp³-hybridized carbons (Fsp3) is 0.393. The van der Waals surface area contributed by atoms with Gasteiger partial charge in [-0.2, -0.15) is 0 Å². The number of nitrogens with zero attached hydrogens (tertiary/aromatic N) is 1. The summed E-state index contributed by atoms with van der Waals surface area (Å²) in [6, 6.07) is 14.1. The molecule has 1 aromatic heterocycles. The van der Waals surface area contributed by atoms with Crippen LogP contribution in [0.2, 0.25) is 0 Å². The molecule has 0 saturated heterocycles. The number of aryl methyl sites for hydroxylation is 2. The minimum Gasteiger partial charge on any atom is -0.384 e. The Morgan fingerprint density at radius 3 is 2.59 bits per heavy atom. The predicted molar refractivity (Wildman–Crippen MR) is 133 cm³/mol. The van der Waals surface area contributed by atoms with Crippen molar-refractivity contribution in [3.8, 4) is 0 Å². The number of nitrogens with two attached hydrogens (primary N) is 1. The van der Waals surface area contributed by atoms with Crippen LogP contribution in [0.4, 0.5) is 10.2 Å². The number of anilines is 1. The molecule has 0 radical (unpaired) electrons. The van der Waals surface area contributed by atoms with E-state index in [-0.39, 0.29) is 23.4 Å². The van der Waals surface area contributed by atoms with E-state index in [4.69, 9.17) is 5.73 Å². The zero-order valence-electron chi connectivity index (χ0n) is 19.8. The van der Waals surface area contributed by atoms with Gasteiger partial charge in [0.25, 0.3) is 0 Å². The van der Waals surface area contributed by atoms with Gasteiger partial charge < -0.3 is 11.1 Å². The zero-order chi connectivity index (χ0) is 24.2. The first-order chi connectivity index (χ1) is 16.3. The van der Waals surface area contributed by atoms with Gasteiger partial charge in [-0.1, -0.05) is 36.4 Å². The van der Waals surface area contributed by atoms with Gasteiger partial charge in [-0.25, -0.2) is 9.37 Å². The molecular formula is C28H32FN3O2. The number of rotatable bonds is 8. The Hall–Kier alpha value is -3.28. The largest absolute Gasteiger partial charge is 0.384 e. The Labute approximate surface area is 200 Å². The molecule has 0 aliphatic heterocycles. The highest BCUT2D eigenvalue weighted by Crippen LogP contribution is 2.35. The highest BCUT2D eigenvalue weighted by molar-refractivity contribution is 5.90. The maximum Gasteiger partial charge on any atom is 0.223 e. The van der Waals surface area contributed by atoms with Crippen molar-refractivity contribution in [1.82, 2.24) is 10.3 Å². The summed E-state index contributed by atoms with van der Waals surface area (Å²) >= 11 is 0. The molecule has 3 atom stereocenters. The lowest BCUT2D eigenvalue weighted by molar-refractivity contribution is -0.129. The van der Waals surface area contributed by atoms with E-state index in [1.807, 2.05) is 43.3 Å². The van der Waals surface area contributed by atoms with Gasteiger partial charge in [0.1, 0.15) is 11.6 Å². The first kappa shape index (κ1) is 23.9. The van der Waals surface area contributed by atoms with Crippen LogP contribution in [0.25, 0.3) is 10.8 Å². The number of pyridine rings is 1. The molecule has 3 aromatic rings. The molecular weight excluding hydrogens is 429 g/mol. The van der Waals surface area contributed by atoms with E-state index >= 15 is 0 Å². The van der Waals surface area contributed by atoms with E-state index in [2.05, 4.69) is 10.3 Å². The summed E-state index contributed by atoms with van der Waals surface area (Å²) in [6.45, 7) is 3.64. The molecule has 4 rings (SSSR count). The van der Waals surface area contributed by atoms with Gasteiger partial charge in [0, 0.05) is 23.4 Å². The molecule has 3 N–H and O–H groups in total. The van der Waals surface area contributed by atoms with Crippen LogP contribution in [0, 0.1) is 24.6 Å². The van der Waals surface area contributed by atoms with Gasteiger partial charge in [0.2, 0.25) is 5.91 Å². The summed E-state index contributed by atoms with van der Waals surface area (Å²) in [5, 5.41) is 4.52. The topological polar surface area (TPSA) is 85.1 Å². The minimum absolute atomic E-state index is 0.0110. The number of carbonyl (C=O) groups is 2. The fourth-order valence-electron chi connectivity index (χ4n) is 5.07. The van der Waals surface area contributed by atoms with Gasteiger partial charge in [0.05, 0.1) is 6.04 Å². The monoisotopic (exact) mass is 461 g/mol. The summed E-state index contributed by atoms with van der Waals surface area (Å²) in [6.07, 6.45) is 4.30. The maximum absolute atomic E-state index is 14.1. The van der Waals surface area contributed by atoms with Crippen LogP contribution in [-0.2, 0) is 22.4 Å². The maximum atomic E-state index is 14.1. The molecule has 0 unspecified atom stereocenters. The molecule has 5 nitrogen and oxygen atoms in total. The molecule has 1 aliphatic rings. The SMILES string of the molecule is Cc1nc(N)ccc1CCC(=O)[C@H](C)NC(=O)[C@@H]1CC[C@@H](Cc2ccc(F)c3ccccc23)C1. The number of aromatic nitrogens is 1. The number of benzene rings is 2. The van der Waals surface area contributed by atoms with Crippen LogP contribution < -0.4 is 11.1 Å². The van der Waals surface area contributed by atoms with Crippen molar-refractivity contribution in [3.05, 3.63) is 71.2 Å². The van der Waals surface area contributed by atoms with Crippen molar-refractivity contribution >= 4 is 28.3 Å². The van der Waals surface area contributed by atoms with Gasteiger partial charge >= 0.3 is 0 Å². The molecule has 1 amide bonds. The zero-order valence-corrected chi connectivity index (χ0v) is 19.8. The smallest absolute Gasteiger partial charge is 0.223 e. The number of nitrogens with one attached hydrogen (secondary N) is 1. The quantitative estimate of drug-likeness (QED) is 0.498. The molecule has 6 heteroatoms. The van der Waals surface area contributed by atoms with Crippen LogP contribution in [0.3, 0.4) is 0 Å². The minimum atomic E-state index is -0.519. The Kier molecular flexibility index (Phi) is 7.25. The van der Waals surface area contributed by atoms with Gasteiger partial charge in [-0.3, -0.25) is 9.59 Å². The number of hydrogen-bond acceptors (Lipinski definition) is 4. The van der Waals surface area contributed by atoms with E-state index in [0.29, 0.717) is 30.0 Å². The molecule has 0 spiro atoms. The fourth-order valence-corrected chi connectivity index (χ4v) is 5.07. The van der Waals surface area contributed by atoms with E-state index in [1.54, 1.807) is 13.0 Å².